The standard InChI is InChI=1S/C11H15NOS/c1-2-9-3-5-10(6-4-9)7-8-12-11(13)14/h3-6H,2,7-8H2,1H3,(H2,12,13,14). The first-order valence-electron chi connectivity index (χ1n) is 4.77. The van der Waals surface area contributed by atoms with E-state index in [9.17, 15) is 4.79 Å². The molecule has 0 bridgehead atoms. The van der Waals surface area contributed by atoms with Crippen LogP contribution in [0.15, 0.2) is 24.3 Å². The molecule has 0 fully saturated rings. The molecule has 0 unspecified atom stereocenters. The summed E-state index contributed by atoms with van der Waals surface area (Å²) in [5.41, 5.74) is 2.58. The summed E-state index contributed by atoms with van der Waals surface area (Å²) < 4.78 is 0. The fourth-order valence-corrected chi connectivity index (χ4v) is 1.37. The van der Waals surface area contributed by atoms with E-state index >= 15 is 0 Å². The Balaban J connectivity index is 2.40. The number of benzene rings is 1. The highest BCUT2D eigenvalue weighted by molar-refractivity contribution is 7.96. The van der Waals surface area contributed by atoms with Crippen molar-refractivity contribution in [2.45, 2.75) is 19.8 Å². The Morgan fingerprint density at radius 2 is 1.86 bits per heavy atom. The van der Waals surface area contributed by atoms with E-state index in [1.54, 1.807) is 0 Å². The molecule has 1 amide bonds. The molecule has 76 valence electrons. The molecule has 0 saturated heterocycles. The Hall–Kier alpha value is -0.960. The molecule has 14 heavy (non-hydrogen) atoms. The van der Waals surface area contributed by atoms with Gasteiger partial charge in [0.2, 0.25) is 0 Å². The number of rotatable bonds is 4. The van der Waals surface area contributed by atoms with Crippen LogP contribution in [0.1, 0.15) is 18.1 Å². The summed E-state index contributed by atoms with van der Waals surface area (Å²) in [5.74, 6) is 0. The molecule has 0 aromatic heterocycles. The zero-order valence-corrected chi connectivity index (χ0v) is 9.18. The minimum atomic E-state index is -0.268. The molecule has 1 aromatic carbocycles. The topological polar surface area (TPSA) is 29.1 Å². The van der Waals surface area contributed by atoms with Crippen molar-refractivity contribution in [2.24, 2.45) is 0 Å². The van der Waals surface area contributed by atoms with Gasteiger partial charge in [-0.1, -0.05) is 43.8 Å². The van der Waals surface area contributed by atoms with Crippen LogP contribution in [0.3, 0.4) is 0 Å². The second kappa shape index (κ2) is 5.70. The molecule has 3 heteroatoms. The van der Waals surface area contributed by atoms with Crippen molar-refractivity contribution in [1.29, 1.82) is 0 Å². The Morgan fingerprint density at radius 1 is 1.29 bits per heavy atom. The highest BCUT2D eigenvalue weighted by Gasteiger charge is 1.95. The summed E-state index contributed by atoms with van der Waals surface area (Å²) in [7, 11) is 0. The van der Waals surface area contributed by atoms with Gasteiger partial charge in [0.1, 0.15) is 0 Å². The molecule has 0 radical (unpaired) electrons. The van der Waals surface area contributed by atoms with E-state index in [0.717, 1.165) is 12.8 Å². The first-order valence-corrected chi connectivity index (χ1v) is 5.21. The lowest BCUT2D eigenvalue weighted by atomic mass is 10.1. The van der Waals surface area contributed by atoms with E-state index in [0.29, 0.717) is 6.54 Å². The van der Waals surface area contributed by atoms with Gasteiger partial charge in [-0.05, 0) is 24.0 Å². The molecule has 0 aliphatic rings. The Bertz CT molecular complexity index is 295. The van der Waals surface area contributed by atoms with Gasteiger partial charge in [0.05, 0.1) is 0 Å². The number of hydrogen-bond acceptors (Lipinski definition) is 1. The lowest BCUT2D eigenvalue weighted by Gasteiger charge is -2.03. The molecule has 0 spiro atoms. The summed E-state index contributed by atoms with van der Waals surface area (Å²) in [6, 6.07) is 8.45. The molecule has 0 aliphatic carbocycles. The van der Waals surface area contributed by atoms with Crippen LogP contribution < -0.4 is 5.32 Å². The molecule has 1 N–H and O–H groups in total. The lowest BCUT2D eigenvalue weighted by Crippen LogP contribution is -2.19. The van der Waals surface area contributed by atoms with Crippen molar-refractivity contribution in [3.8, 4) is 0 Å². The second-order valence-electron chi connectivity index (χ2n) is 3.15. The number of thiol groups is 1. The maximum absolute atomic E-state index is 10.5. The van der Waals surface area contributed by atoms with Crippen LogP contribution in [-0.4, -0.2) is 11.8 Å². The van der Waals surface area contributed by atoms with Gasteiger partial charge in [0.15, 0.2) is 0 Å². The number of nitrogens with one attached hydrogen (secondary N) is 1. The molecular formula is C11H15NOS. The van der Waals surface area contributed by atoms with Crippen molar-refractivity contribution >= 4 is 17.9 Å². The maximum atomic E-state index is 10.5. The number of carbonyl (C=O) groups excluding carboxylic acids is 1. The van der Waals surface area contributed by atoms with E-state index in [1.165, 1.54) is 11.1 Å². The van der Waals surface area contributed by atoms with Crippen molar-refractivity contribution in [2.75, 3.05) is 6.54 Å². The monoisotopic (exact) mass is 209 g/mol. The average Bonchev–Trinajstić information content (AvgIpc) is 2.18. The predicted molar refractivity (Wildman–Crippen MR) is 61.9 cm³/mol. The second-order valence-corrected chi connectivity index (χ2v) is 3.56. The van der Waals surface area contributed by atoms with Gasteiger partial charge in [0, 0.05) is 6.54 Å². The number of carbonyl (C=O) groups is 1. The summed E-state index contributed by atoms with van der Waals surface area (Å²) in [4.78, 5) is 10.5. The molecule has 0 atom stereocenters. The normalized spacial score (nSPS) is 9.86. The minimum Gasteiger partial charge on any atom is -0.347 e. The van der Waals surface area contributed by atoms with Crippen molar-refractivity contribution in [3.63, 3.8) is 0 Å². The maximum Gasteiger partial charge on any atom is 0.275 e. The molecule has 2 nitrogen and oxygen atoms in total. The molecular weight excluding hydrogens is 194 g/mol. The van der Waals surface area contributed by atoms with E-state index in [2.05, 4.69) is 49.1 Å². The zero-order valence-electron chi connectivity index (χ0n) is 8.29. The van der Waals surface area contributed by atoms with Gasteiger partial charge in [0.25, 0.3) is 5.24 Å². The molecule has 1 rings (SSSR count). The van der Waals surface area contributed by atoms with Crippen LogP contribution in [0.4, 0.5) is 4.79 Å². The van der Waals surface area contributed by atoms with Gasteiger partial charge in [-0.15, -0.1) is 0 Å². The van der Waals surface area contributed by atoms with Crippen molar-refractivity contribution in [1.82, 2.24) is 5.32 Å². The summed E-state index contributed by atoms with van der Waals surface area (Å²) in [5, 5.41) is 2.38. The first kappa shape index (κ1) is 11.1. The largest absolute Gasteiger partial charge is 0.347 e. The zero-order chi connectivity index (χ0) is 10.4. The highest BCUT2D eigenvalue weighted by atomic mass is 32.1. The van der Waals surface area contributed by atoms with Crippen LogP contribution in [-0.2, 0) is 12.8 Å². The first-order chi connectivity index (χ1) is 6.72. The third-order valence-electron chi connectivity index (χ3n) is 2.12. The van der Waals surface area contributed by atoms with Gasteiger partial charge in [-0.3, -0.25) is 4.79 Å². The van der Waals surface area contributed by atoms with E-state index in [1.807, 2.05) is 0 Å². The van der Waals surface area contributed by atoms with E-state index in [-0.39, 0.29) is 5.24 Å². The van der Waals surface area contributed by atoms with Crippen LogP contribution >= 0.6 is 12.6 Å². The molecule has 0 heterocycles. The quantitative estimate of drug-likeness (QED) is 0.733. The fraction of sp³-hybridized carbons (Fsp3) is 0.364. The van der Waals surface area contributed by atoms with Gasteiger partial charge in [-0.25, -0.2) is 0 Å². The average molecular weight is 209 g/mol. The Kier molecular flexibility index (Phi) is 4.53. The van der Waals surface area contributed by atoms with E-state index in [4.69, 9.17) is 0 Å². The Labute approximate surface area is 90.1 Å². The summed E-state index contributed by atoms with van der Waals surface area (Å²) in [6.45, 7) is 2.78. The molecule has 1 aromatic rings. The molecule has 0 saturated carbocycles. The van der Waals surface area contributed by atoms with Crippen LogP contribution in [0, 0.1) is 0 Å². The van der Waals surface area contributed by atoms with Crippen LogP contribution in [0.25, 0.3) is 0 Å². The van der Waals surface area contributed by atoms with Crippen molar-refractivity contribution in [3.05, 3.63) is 35.4 Å². The third kappa shape index (κ3) is 3.83. The number of aryl methyl sites for hydroxylation is 1. The van der Waals surface area contributed by atoms with Gasteiger partial charge >= 0.3 is 0 Å². The predicted octanol–water partition coefficient (Wildman–Crippen LogP) is 2.43. The van der Waals surface area contributed by atoms with Crippen LogP contribution in [0.5, 0.6) is 0 Å². The van der Waals surface area contributed by atoms with Crippen molar-refractivity contribution < 1.29 is 4.79 Å². The number of hydrogen-bond donors (Lipinski definition) is 2. The van der Waals surface area contributed by atoms with Crippen LogP contribution in [0.2, 0.25) is 0 Å². The summed E-state index contributed by atoms with van der Waals surface area (Å²) in [6.07, 6.45) is 1.92. The highest BCUT2D eigenvalue weighted by Crippen LogP contribution is 2.05. The Morgan fingerprint density at radius 3 is 2.36 bits per heavy atom. The third-order valence-corrected chi connectivity index (χ3v) is 2.28. The minimum absolute atomic E-state index is 0.268. The fourth-order valence-electron chi connectivity index (χ4n) is 1.26. The van der Waals surface area contributed by atoms with Gasteiger partial charge in [-0.2, -0.15) is 0 Å². The van der Waals surface area contributed by atoms with E-state index < -0.39 is 0 Å². The summed E-state index contributed by atoms with van der Waals surface area (Å²) >= 11 is 3.63. The lowest BCUT2D eigenvalue weighted by molar-refractivity contribution is 0.261. The van der Waals surface area contributed by atoms with Gasteiger partial charge < -0.3 is 5.32 Å². The smallest absolute Gasteiger partial charge is 0.275 e. The SMILES string of the molecule is CCc1ccc(CCNC(=O)S)cc1. The number of amides is 1. The molecule has 0 aliphatic heterocycles.